The molecule has 0 saturated carbocycles. The molecule has 0 aliphatic heterocycles. The maximum absolute atomic E-state index is 12.3. The van der Waals surface area contributed by atoms with Crippen molar-refractivity contribution in [3.05, 3.63) is 58.1 Å². The van der Waals surface area contributed by atoms with Gasteiger partial charge in [-0.15, -0.1) is 0 Å². The molecule has 2 rings (SSSR count). The lowest BCUT2D eigenvalue weighted by atomic mass is 10.1. The number of benzene rings is 2. The van der Waals surface area contributed by atoms with Gasteiger partial charge in [-0.1, -0.05) is 19.9 Å². The van der Waals surface area contributed by atoms with Crippen molar-refractivity contribution in [1.29, 1.82) is 0 Å². The Morgan fingerprint density at radius 1 is 1.08 bits per heavy atom. The predicted octanol–water partition coefficient (Wildman–Crippen LogP) is 4.59. The Hall–Kier alpha value is -2.49. The Bertz CT molecular complexity index is 781. The third kappa shape index (κ3) is 5.01. The van der Waals surface area contributed by atoms with Crippen LogP contribution in [0.5, 0.6) is 11.5 Å². The highest BCUT2D eigenvalue weighted by Crippen LogP contribution is 2.26. The molecule has 26 heavy (non-hydrogen) atoms. The molecule has 0 unspecified atom stereocenters. The molecule has 2 aromatic carbocycles. The van der Waals surface area contributed by atoms with E-state index in [1.807, 2.05) is 18.2 Å². The van der Waals surface area contributed by atoms with Gasteiger partial charge in [-0.3, -0.25) is 4.79 Å². The summed E-state index contributed by atoms with van der Waals surface area (Å²) in [5, 5.41) is 2.94. The zero-order valence-electron chi connectivity index (χ0n) is 16.6. The molecule has 140 valence electrons. The van der Waals surface area contributed by atoms with Crippen LogP contribution in [0.25, 0.3) is 0 Å². The van der Waals surface area contributed by atoms with E-state index in [9.17, 15) is 4.79 Å². The summed E-state index contributed by atoms with van der Waals surface area (Å²) in [5.74, 6) is 1.91. The third-order valence-corrected chi connectivity index (χ3v) is 4.36. The zero-order chi connectivity index (χ0) is 19.3. The average Bonchev–Trinajstić information content (AvgIpc) is 2.61. The highest BCUT2D eigenvalue weighted by molar-refractivity contribution is 5.94. The van der Waals surface area contributed by atoms with Crippen LogP contribution < -0.4 is 14.8 Å². The second-order valence-corrected chi connectivity index (χ2v) is 7.12. The van der Waals surface area contributed by atoms with E-state index in [4.69, 9.17) is 9.47 Å². The van der Waals surface area contributed by atoms with Gasteiger partial charge in [-0.25, -0.2) is 0 Å². The van der Waals surface area contributed by atoms with E-state index < -0.39 is 0 Å². The summed E-state index contributed by atoms with van der Waals surface area (Å²) in [5.41, 5.74) is 4.96. The molecule has 4 nitrogen and oxygen atoms in total. The molecule has 0 atom stereocenters. The van der Waals surface area contributed by atoms with Gasteiger partial charge in [0, 0.05) is 17.7 Å². The van der Waals surface area contributed by atoms with Gasteiger partial charge < -0.3 is 14.8 Å². The van der Waals surface area contributed by atoms with Gasteiger partial charge in [-0.2, -0.15) is 0 Å². The molecule has 1 N–H and O–H groups in total. The molecular formula is C22H29NO3. The van der Waals surface area contributed by atoms with Crippen LogP contribution in [0.4, 0.5) is 0 Å². The largest absolute Gasteiger partial charge is 0.496 e. The van der Waals surface area contributed by atoms with Crippen molar-refractivity contribution in [3.8, 4) is 11.5 Å². The fourth-order valence-corrected chi connectivity index (χ4v) is 2.74. The molecule has 0 fully saturated rings. The standard InChI is InChI=1S/C22H29NO3/c1-14(2)12-23-22(24)18-7-8-20(25-6)19(11-18)13-26-21-10-15(3)9-16(4)17(21)5/h7-11,14H,12-13H2,1-6H3,(H,23,24). The Morgan fingerprint density at radius 3 is 2.46 bits per heavy atom. The summed E-state index contributed by atoms with van der Waals surface area (Å²) in [4.78, 5) is 12.3. The highest BCUT2D eigenvalue weighted by Gasteiger charge is 2.12. The first kappa shape index (κ1) is 19.8. The average molecular weight is 355 g/mol. The number of rotatable bonds is 7. The number of methoxy groups -OCH3 is 1. The number of ether oxygens (including phenoxy) is 2. The SMILES string of the molecule is COc1ccc(C(=O)NCC(C)C)cc1COc1cc(C)cc(C)c1C. The fraction of sp³-hybridized carbons (Fsp3) is 0.409. The van der Waals surface area contributed by atoms with E-state index in [1.165, 1.54) is 5.56 Å². The molecule has 1 amide bonds. The Morgan fingerprint density at radius 2 is 1.81 bits per heavy atom. The first-order valence-corrected chi connectivity index (χ1v) is 8.97. The molecular weight excluding hydrogens is 326 g/mol. The van der Waals surface area contributed by atoms with Crippen molar-refractivity contribution >= 4 is 5.91 Å². The Kier molecular flexibility index (Phi) is 6.67. The second-order valence-electron chi connectivity index (χ2n) is 7.12. The lowest BCUT2D eigenvalue weighted by molar-refractivity contribution is 0.0949. The molecule has 0 spiro atoms. The van der Waals surface area contributed by atoms with Gasteiger partial charge in [0.1, 0.15) is 18.1 Å². The van der Waals surface area contributed by atoms with Crippen LogP contribution in [-0.4, -0.2) is 19.6 Å². The van der Waals surface area contributed by atoms with Crippen molar-refractivity contribution in [1.82, 2.24) is 5.32 Å². The van der Waals surface area contributed by atoms with Crippen LogP contribution in [0.3, 0.4) is 0 Å². The van der Waals surface area contributed by atoms with Crippen LogP contribution in [0.15, 0.2) is 30.3 Å². The summed E-state index contributed by atoms with van der Waals surface area (Å²) >= 11 is 0. The van der Waals surface area contributed by atoms with E-state index in [-0.39, 0.29) is 5.91 Å². The second kappa shape index (κ2) is 8.75. The summed E-state index contributed by atoms with van der Waals surface area (Å²) in [7, 11) is 1.62. The predicted molar refractivity (Wildman–Crippen MR) is 105 cm³/mol. The molecule has 4 heteroatoms. The lowest BCUT2D eigenvalue weighted by Gasteiger charge is -2.15. The van der Waals surface area contributed by atoms with E-state index in [0.29, 0.717) is 30.4 Å². The summed E-state index contributed by atoms with van der Waals surface area (Å²) in [6.45, 7) is 11.3. The van der Waals surface area contributed by atoms with Crippen LogP contribution in [0.1, 0.15) is 46.5 Å². The minimum atomic E-state index is -0.0785. The smallest absolute Gasteiger partial charge is 0.251 e. The number of carbonyl (C=O) groups excluding carboxylic acids is 1. The van der Waals surface area contributed by atoms with Crippen molar-refractivity contribution in [2.24, 2.45) is 5.92 Å². The summed E-state index contributed by atoms with van der Waals surface area (Å²) in [6, 6.07) is 9.61. The normalized spacial score (nSPS) is 10.7. The lowest BCUT2D eigenvalue weighted by Crippen LogP contribution is -2.27. The first-order chi connectivity index (χ1) is 12.3. The van der Waals surface area contributed by atoms with Crippen LogP contribution >= 0.6 is 0 Å². The van der Waals surface area contributed by atoms with Crippen LogP contribution in [-0.2, 0) is 6.61 Å². The summed E-state index contributed by atoms with van der Waals surface area (Å²) in [6.07, 6.45) is 0. The van der Waals surface area contributed by atoms with Crippen LogP contribution in [0, 0.1) is 26.7 Å². The highest BCUT2D eigenvalue weighted by atomic mass is 16.5. The molecule has 0 aliphatic carbocycles. The number of aryl methyl sites for hydroxylation is 2. The molecule has 2 aromatic rings. The number of nitrogens with one attached hydrogen (secondary N) is 1. The molecule has 0 aliphatic rings. The quantitative estimate of drug-likeness (QED) is 0.790. The molecule has 0 radical (unpaired) electrons. The van der Waals surface area contributed by atoms with E-state index in [2.05, 4.69) is 46.0 Å². The summed E-state index contributed by atoms with van der Waals surface area (Å²) < 4.78 is 11.5. The third-order valence-electron chi connectivity index (χ3n) is 4.36. The van der Waals surface area contributed by atoms with Crippen LogP contribution in [0.2, 0.25) is 0 Å². The number of hydrogen-bond acceptors (Lipinski definition) is 3. The molecule has 0 aromatic heterocycles. The fourth-order valence-electron chi connectivity index (χ4n) is 2.74. The van der Waals surface area contributed by atoms with Gasteiger partial charge in [-0.05, 0) is 67.6 Å². The van der Waals surface area contributed by atoms with Crippen molar-refractivity contribution in [2.45, 2.75) is 41.2 Å². The van der Waals surface area contributed by atoms with Crippen molar-refractivity contribution in [3.63, 3.8) is 0 Å². The van der Waals surface area contributed by atoms with E-state index in [0.717, 1.165) is 22.4 Å². The van der Waals surface area contributed by atoms with Gasteiger partial charge in [0.15, 0.2) is 0 Å². The van der Waals surface area contributed by atoms with Gasteiger partial charge in [0.25, 0.3) is 5.91 Å². The van der Waals surface area contributed by atoms with E-state index in [1.54, 1.807) is 13.2 Å². The molecule has 0 bridgehead atoms. The monoisotopic (exact) mass is 355 g/mol. The maximum atomic E-state index is 12.3. The number of hydrogen-bond donors (Lipinski definition) is 1. The zero-order valence-corrected chi connectivity index (χ0v) is 16.6. The minimum absolute atomic E-state index is 0.0785. The maximum Gasteiger partial charge on any atom is 0.251 e. The van der Waals surface area contributed by atoms with Gasteiger partial charge in [0.2, 0.25) is 0 Å². The minimum Gasteiger partial charge on any atom is -0.496 e. The molecule has 0 saturated heterocycles. The van der Waals surface area contributed by atoms with Gasteiger partial charge in [0.05, 0.1) is 7.11 Å². The first-order valence-electron chi connectivity index (χ1n) is 8.97. The number of carbonyl (C=O) groups is 1. The topological polar surface area (TPSA) is 47.6 Å². The Labute approximate surface area is 156 Å². The number of amides is 1. The van der Waals surface area contributed by atoms with Crippen molar-refractivity contribution < 1.29 is 14.3 Å². The van der Waals surface area contributed by atoms with Gasteiger partial charge >= 0.3 is 0 Å². The van der Waals surface area contributed by atoms with E-state index >= 15 is 0 Å². The molecule has 0 heterocycles. The Balaban J connectivity index is 2.20. The van der Waals surface area contributed by atoms with Crippen molar-refractivity contribution in [2.75, 3.05) is 13.7 Å².